The Morgan fingerprint density at radius 1 is 1.14 bits per heavy atom. The Hall–Kier alpha value is -2.35. The van der Waals surface area contributed by atoms with E-state index in [1.165, 1.54) is 11.3 Å². The van der Waals surface area contributed by atoms with Gasteiger partial charge in [-0.05, 0) is 42.7 Å². The summed E-state index contributed by atoms with van der Waals surface area (Å²) in [5, 5.41) is 11.7. The third-order valence-corrected chi connectivity index (χ3v) is 5.90. The third kappa shape index (κ3) is 4.38. The zero-order valence-electron chi connectivity index (χ0n) is 14.6. The van der Waals surface area contributed by atoms with Gasteiger partial charge in [0.15, 0.2) is 0 Å². The second-order valence-corrected chi connectivity index (χ2v) is 8.42. The summed E-state index contributed by atoms with van der Waals surface area (Å²) in [6.45, 7) is 0.395. The molecule has 4 rings (SSSR count). The summed E-state index contributed by atoms with van der Waals surface area (Å²) in [5.41, 5.74) is 0.839. The maximum absolute atomic E-state index is 12.6. The zero-order chi connectivity index (χ0) is 19.7. The molecule has 6 nitrogen and oxygen atoms in total. The first kappa shape index (κ1) is 19.0. The molecule has 2 heterocycles. The molecule has 3 aromatic rings. The molecule has 1 aliphatic carbocycles. The lowest BCUT2D eigenvalue weighted by atomic mass is 10.2. The minimum absolute atomic E-state index is 0.0201. The fraction of sp³-hybridized carbons (Fsp3) is 0.211. The van der Waals surface area contributed by atoms with Crippen LogP contribution in [0.15, 0.2) is 42.6 Å². The van der Waals surface area contributed by atoms with Gasteiger partial charge in [-0.25, -0.2) is 4.68 Å². The number of benzene rings is 1. The van der Waals surface area contributed by atoms with E-state index in [1.807, 2.05) is 6.07 Å². The molecule has 28 heavy (non-hydrogen) atoms. The summed E-state index contributed by atoms with van der Waals surface area (Å²) in [4.78, 5) is 24.9. The van der Waals surface area contributed by atoms with E-state index in [0.29, 0.717) is 32.3 Å². The van der Waals surface area contributed by atoms with Crippen LogP contribution in [0.5, 0.6) is 0 Å². The van der Waals surface area contributed by atoms with E-state index in [4.69, 9.17) is 23.2 Å². The number of thiophene rings is 1. The maximum Gasteiger partial charge on any atom is 0.266 e. The quantitative estimate of drug-likeness (QED) is 0.578. The molecule has 2 amide bonds. The number of amides is 2. The van der Waals surface area contributed by atoms with Crippen LogP contribution in [0.1, 0.15) is 28.1 Å². The Balaban J connectivity index is 1.43. The molecule has 9 heteroatoms. The summed E-state index contributed by atoms with van der Waals surface area (Å²) >= 11 is 13.4. The Morgan fingerprint density at radius 3 is 2.71 bits per heavy atom. The summed E-state index contributed by atoms with van der Waals surface area (Å²) in [6, 6.07) is 10.4. The van der Waals surface area contributed by atoms with Gasteiger partial charge in [0.05, 0.1) is 22.6 Å². The summed E-state index contributed by atoms with van der Waals surface area (Å²) in [5.74, 6) is 0.425. The van der Waals surface area contributed by atoms with Crippen LogP contribution in [-0.2, 0) is 11.3 Å². The predicted octanol–water partition coefficient (Wildman–Crippen LogP) is 4.90. The molecular formula is C19H16Cl2N4O2S. The van der Waals surface area contributed by atoms with Crippen molar-refractivity contribution in [3.63, 3.8) is 0 Å². The van der Waals surface area contributed by atoms with Gasteiger partial charge in [0, 0.05) is 22.0 Å². The molecule has 0 saturated heterocycles. The lowest BCUT2D eigenvalue weighted by Gasteiger charge is -2.10. The normalized spacial score (nSPS) is 13.4. The predicted molar refractivity (Wildman–Crippen MR) is 111 cm³/mol. The van der Waals surface area contributed by atoms with Crippen LogP contribution in [0, 0.1) is 5.92 Å². The second kappa shape index (κ2) is 7.95. The Labute approximate surface area is 175 Å². The topological polar surface area (TPSA) is 76.0 Å². The number of nitrogens with one attached hydrogen (secondary N) is 2. The van der Waals surface area contributed by atoms with Crippen molar-refractivity contribution in [2.75, 3.05) is 10.6 Å². The fourth-order valence-electron chi connectivity index (χ4n) is 2.65. The standard InChI is InChI=1S/C19H16Cl2N4O2S/c20-13-4-3-12(14(21)9-13)10-25-16(7-8-22-25)23-19(27)15-5-6-17(28-15)24-18(26)11-1-2-11/h3-9,11H,1-2,10H2,(H,23,27)(H,24,26). The van der Waals surface area contributed by atoms with E-state index in [-0.39, 0.29) is 17.7 Å². The van der Waals surface area contributed by atoms with Crippen molar-refractivity contribution in [3.8, 4) is 0 Å². The summed E-state index contributed by atoms with van der Waals surface area (Å²) in [7, 11) is 0. The van der Waals surface area contributed by atoms with Crippen molar-refractivity contribution in [3.05, 3.63) is 63.1 Å². The van der Waals surface area contributed by atoms with Crippen molar-refractivity contribution in [2.45, 2.75) is 19.4 Å². The van der Waals surface area contributed by atoms with E-state index >= 15 is 0 Å². The molecule has 2 N–H and O–H groups in total. The molecule has 1 fully saturated rings. The first-order chi connectivity index (χ1) is 13.5. The van der Waals surface area contributed by atoms with Gasteiger partial charge < -0.3 is 10.6 Å². The highest BCUT2D eigenvalue weighted by Crippen LogP contribution is 2.32. The molecule has 1 aliphatic rings. The molecule has 2 aromatic heterocycles. The van der Waals surface area contributed by atoms with Crippen LogP contribution in [0.25, 0.3) is 0 Å². The van der Waals surface area contributed by atoms with Crippen molar-refractivity contribution in [1.82, 2.24) is 9.78 Å². The molecule has 0 unspecified atom stereocenters. The number of hydrogen-bond donors (Lipinski definition) is 2. The Morgan fingerprint density at radius 2 is 1.96 bits per heavy atom. The highest BCUT2D eigenvalue weighted by molar-refractivity contribution is 7.18. The van der Waals surface area contributed by atoms with Gasteiger partial charge in [0.1, 0.15) is 5.82 Å². The van der Waals surface area contributed by atoms with Gasteiger partial charge in [-0.1, -0.05) is 29.3 Å². The highest BCUT2D eigenvalue weighted by Gasteiger charge is 2.29. The van der Waals surface area contributed by atoms with E-state index in [9.17, 15) is 9.59 Å². The smallest absolute Gasteiger partial charge is 0.266 e. The molecule has 0 radical (unpaired) electrons. The molecule has 1 saturated carbocycles. The lowest BCUT2D eigenvalue weighted by molar-refractivity contribution is -0.117. The van der Waals surface area contributed by atoms with Crippen molar-refractivity contribution >= 4 is 57.2 Å². The number of aromatic nitrogens is 2. The molecule has 0 bridgehead atoms. The number of anilines is 2. The lowest BCUT2D eigenvalue weighted by Crippen LogP contribution is -2.15. The second-order valence-electron chi connectivity index (χ2n) is 6.49. The number of carbonyl (C=O) groups excluding carboxylic acids is 2. The fourth-order valence-corrected chi connectivity index (χ4v) is 3.92. The molecule has 1 aromatic carbocycles. The van der Waals surface area contributed by atoms with Gasteiger partial charge in [0.25, 0.3) is 5.91 Å². The maximum atomic E-state index is 12.6. The Kier molecular flexibility index (Phi) is 5.39. The van der Waals surface area contributed by atoms with Crippen LogP contribution < -0.4 is 10.6 Å². The van der Waals surface area contributed by atoms with E-state index in [2.05, 4.69) is 15.7 Å². The number of halogens is 2. The van der Waals surface area contributed by atoms with Crippen LogP contribution in [0.3, 0.4) is 0 Å². The molecular weight excluding hydrogens is 419 g/mol. The van der Waals surface area contributed by atoms with E-state index in [0.717, 1.165) is 18.4 Å². The van der Waals surface area contributed by atoms with Gasteiger partial charge in [-0.2, -0.15) is 5.10 Å². The average Bonchev–Trinajstić information content (AvgIpc) is 3.27. The largest absolute Gasteiger partial charge is 0.317 e. The summed E-state index contributed by atoms with van der Waals surface area (Å²) in [6.07, 6.45) is 3.48. The third-order valence-electron chi connectivity index (χ3n) is 4.32. The van der Waals surface area contributed by atoms with Gasteiger partial charge in [-0.3, -0.25) is 9.59 Å². The first-order valence-corrected chi connectivity index (χ1v) is 10.2. The molecule has 0 atom stereocenters. The number of nitrogens with zero attached hydrogens (tertiary/aromatic N) is 2. The monoisotopic (exact) mass is 434 g/mol. The SMILES string of the molecule is O=C(Nc1ccnn1Cc1ccc(Cl)cc1Cl)c1ccc(NC(=O)C2CC2)s1. The van der Waals surface area contributed by atoms with Gasteiger partial charge >= 0.3 is 0 Å². The van der Waals surface area contributed by atoms with Crippen LogP contribution in [0.2, 0.25) is 10.0 Å². The number of hydrogen-bond acceptors (Lipinski definition) is 4. The summed E-state index contributed by atoms with van der Waals surface area (Å²) < 4.78 is 1.65. The first-order valence-electron chi connectivity index (χ1n) is 8.67. The number of carbonyl (C=O) groups is 2. The van der Waals surface area contributed by atoms with E-state index in [1.54, 1.807) is 41.2 Å². The van der Waals surface area contributed by atoms with Crippen molar-refractivity contribution in [1.29, 1.82) is 0 Å². The average molecular weight is 435 g/mol. The number of rotatable bonds is 6. The zero-order valence-corrected chi connectivity index (χ0v) is 16.9. The van der Waals surface area contributed by atoms with Crippen molar-refractivity contribution in [2.24, 2.45) is 5.92 Å². The van der Waals surface area contributed by atoms with Crippen LogP contribution in [-0.4, -0.2) is 21.6 Å². The van der Waals surface area contributed by atoms with Gasteiger partial charge in [0.2, 0.25) is 5.91 Å². The Bertz CT molecular complexity index is 1040. The minimum Gasteiger partial charge on any atom is -0.317 e. The van der Waals surface area contributed by atoms with Gasteiger partial charge in [-0.15, -0.1) is 11.3 Å². The van der Waals surface area contributed by atoms with E-state index < -0.39 is 0 Å². The molecule has 0 aliphatic heterocycles. The van der Waals surface area contributed by atoms with Crippen LogP contribution >= 0.6 is 34.5 Å². The van der Waals surface area contributed by atoms with Crippen LogP contribution in [0.4, 0.5) is 10.8 Å². The highest BCUT2D eigenvalue weighted by atomic mass is 35.5. The molecule has 144 valence electrons. The molecule has 0 spiro atoms. The van der Waals surface area contributed by atoms with Crippen molar-refractivity contribution < 1.29 is 9.59 Å². The minimum atomic E-state index is -0.263.